The van der Waals surface area contributed by atoms with Crippen LogP contribution in [-0.2, 0) is 14.3 Å². The maximum atomic E-state index is 13.3. The normalized spacial score (nSPS) is 12.3. The standard InChI is InChI=1S/C18H13FN2O6/c19-14-6-5-13(8-15(14)21(24)25)20-17(22)10-27-18(23)12-7-11-3-1-2-4-16(11)26-9-12/h1-8H,9-10H2,(H,20,22). The van der Waals surface area contributed by atoms with Crippen molar-refractivity contribution in [3.05, 3.63) is 69.5 Å². The van der Waals surface area contributed by atoms with Gasteiger partial charge in [-0.15, -0.1) is 0 Å². The minimum absolute atomic E-state index is 0.0123. The van der Waals surface area contributed by atoms with Crippen LogP contribution in [0.15, 0.2) is 48.0 Å². The molecule has 0 fully saturated rings. The minimum atomic E-state index is -1.02. The number of rotatable bonds is 5. The summed E-state index contributed by atoms with van der Waals surface area (Å²) >= 11 is 0. The van der Waals surface area contributed by atoms with Gasteiger partial charge in [-0.3, -0.25) is 14.9 Å². The van der Waals surface area contributed by atoms with E-state index >= 15 is 0 Å². The first-order valence-corrected chi connectivity index (χ1v) is 7.77. The van der Waals surface area contributed by atoms with E-state index in [1.807, 2.05) is 0 Å². The van der Waals surface area contributed by atoms with E-state index in [0.717, 1.165) is 23.8 Å². The number of fused-ring (bicyclic) bond motifs is 1. The van der Waals surface area contributed by atoms with Crippen LogP contribution in [-0.4, -0.2) is 30.0 Å². The number of nitro groups is 1. The van der Waals surface area contributed by atoms with E-state index < -0.39 is 34.9 Å². The molecule has 0 saturated carbocycles. The van der Waals surface area contributed by atoms with Crippen molar-refractivity contribution in [2.24, 2.45) is 0 Å². The Bertz CT molecular complexity index is 957. The van der Waals surface area contributed by atoms with Crippen molar-refractivity contribution in [3.63, 3.8) is 0 Å². The van der Waals surface area contributed by atoms with Gasteiger partial charge in [0.25, 0.3) is 5.91 Å². The van der Waals surface area contributed by atoms with Crippen LogP contribution < -0.4 is 10.1 Å². The van der Waals surface area contributed by atoms with Gasteiger partial charge in [0.05, 0.1) is 10.5 Å². The zero-order valence-corrected chi connectivity index (χ0v) is 13.8. The van der Waals surface area contributed by atoms with Gasteiger partial charge in [-0.05, 0) is 24.3 Å². The Morgan fingerprint density at radius 3 is 2.81 bits per heavy atom. The Labute approximate surface area is 152 Å². The number of amides is 1. The van der Waals surface area contributed by atoms with Crippen molar-refractivity contribution in [3.8, 4) is 5.75 Å². The zero-order chi connectivity index (χ0) is 19.4. The molecule has 8 nitrogen and oxygen atoms in total. The average molecular weight is 372 g/mol. The largest absolute Gasteiger partial charge is 0.488 e. The van der Waals surface area contributed by atoms with Crippen molar-refractivity contribution in [1.29, 1.82) is 0 Å². The Morgan fingerprint density at radius 2 is 2.04 bits per heavy atom. The second-order valence-electron chi connectivity index (χ2n) is 5.54. The molecule has 3 rings (SSSR count). The molecular formula is C18H13FN2O6. The van der Waals surface area contributed by atoms with Gasteiger partial charge in [-0.2, -0.15) is 4.39 Å². The van der Waals surface area contributed by atoms with Gasteiger partial charge in [0.2, 0.25) is 5.82 Å². The number of nitrogens with one attached hydrogen (secondary N) is 1. The molecule has 0 aliphatic carbocycles. The third-order valence-electron chi connectivity index (χ3n) is 3.66. The van der Waals surface area contributed by atoms with E-state index in [9.17, 15) is 24.1 Å². The van der Waals surface area contributed by atoms with Crippen molar-refractivity contribution >= 4 is 29.3 Å². The highest BCUT2D eigenvalue weighted by Gasteiger charge is 2.20. The number of nitrogens with zero attached hydrogens (tertiary/aromatic N) is 1. The molecule has 1 aliphatic heterocycles. The van der Waals surface area contributed by atoms with Crippen molar-refractivity contribution in [1.82, 2.24) is 0 Å². The highest BCUT2D eigenvalue weighted by Crippen LogP contribution is 2.26. The summed E-state index contributed by atoms with van der Waals surface area (Å²) in [5, 5.41) is 13.0. The number of ether oxygens (including phenoxy) is 2. The van der Waals surface area contributed by atoms with Crippen LogP contribution in [0.25, 0.3) is 6.08 Å². The summed E-state index contributed by atoms with van der Waals surface area (Å²) in [5.41, 5.74) is 0.212. The summed E-state index contributed by atoms with van der Waals surface area (Å²) in [4.78, 5) is 33.7. The van der Waals surface area contributed by atoms with Crippen LogP contribution in [0.4, 0.5) is 15.8 Å². The number of hydrogen-bond donors (Lipinski definition) is 1. The smallest absolute Gasteiger partial charge is 0.338 e. The number of anilines is 1. The molecule has 0 spiro atoms. The number of carbonyl (C=O) groups is 2. The third-order valence-corrected chi connectivity index (χ3v) is 3.66. The lowest BCUT2D eigenvalue weighted by molar-refractivity contribution is -0.387. The van der Waals surface area contributed by atoms with Crippen LogP contribution in [0, 0.1) is 15.9 Å². The fourth-order valence-electron chi connectivity index (χ4n) is 2.39. The molecule has 9 heteroatoms. The molecule has 0 saturated heterocycles. The molecule has 1 N–H and O–H groups in total. The number of para-hydroxylation sites is 1. The fraction of sp³-hybridized carbons (Fsp3) is 0.111. The first-order valence-electron chi connectivity index (χ1n) is 7.77. The molecule has 1 heterocycles. The Balaban J connectivity index is 1.58. The van der Waals surface area contributed by atoms with Crippen molar-refractivity contribution in [2.75, 3.05) is 18.5 Å². The van der Waals surface area contributed by atoms with E-state index in [0.29, 0.717) is 5.75 Å². The van der Waals surface area contributed by atoms with Gasteiger partial charge in [0.15, 0.2) is 6.61 Å². The van der Waals surface area contributed by atoms with E-state index in [4.69, 9.17) is 9.47 Å². The number of hydrogen-bond acceptors (Lipinski definition) is 6. The molecule has 0 unspecified atom stereocenters. The van der Waals surface area contributed by atoms with Crippen LogP contribution in [0.1, 0.15) is 5.56 Å². The predicted octanol–water partition coefficient (Wildman–Crippen LogP) is 2.69. The van der Waals surface area contributed by atoms with E-state index in [-0.39, 0.29) is 17.9 Å². The molecular weight excluding hydrogens is 359 g/mol. The number of benzene rings is 2. The summed E-state index contributed by atoms with van der Waals surface area (Å²) in [7, 11) is 0. The summed E-state index contributed by atoms with van der Waals surface area (Å²) in [5.74, 6) is -1.81. The molecule has 0 radical (unpaired) electrons. The lowest BCUT2D eigenvalue weighted by Crippen LogP contribution is -2.24. The number of esters is 1. The maximum Gasteiger partial charge on any atom is 0.338 e. The van der Waals surface area contributed by atoms with Crippen molar-refractivity contribution < 1.29 is 28.4 Å². The first kappa shape index (κ1) is 18.1. The quantitative estimate of drug-likeness (QED) is 0.491. The average Bonchev–Trinajstić information content (AvgIpc) is 2.67. The zero-order valence-electron chi connectivity index (χ0n) is 13.8. The molecule has 2 aromatic rings. The summed E-state index contributed by atoms with van der Waals surface area (Å²) in [6.45, 7) is -0.593. The molecule has 0 aromatic heterocycles. The van der Waals surface area contributed by atoms with E-state index in [2.05, 4.69) is 5.32 Å². The molecule has 138 valence electrons. The maximum absolute atomic E-state index is 13.3. The van der Waals surface area contributed by atoms with Gasteiger partial charge in [0, 0.05) is 17.3 Å². The van der Waals surface area contributed by atoms with Gasteiger partial charge in [0.1, 0.15) is 12.4 Å². The SMILES string of the molecule is O=C(COC(=O)C1=Cc2ccccc2OC1)Nc1ccc(F)c([N+](=O)[O-])c1. The van der Waals surface area contributed by atoms with Crippen LogP contribution in [0.2, 0.25) is 0 Å². The molecule has 0 atom stereocenters. The summed E-state index contributed by atoms with van der Waals surface area (Å²) in [6, 6.07) is 10.0. The van der Waals surface area contributed by atoms with Crippen LogP contribution in [0.3, 0.4) is 0 Å². The number of carbonyl (C=O) groups excluding carboxylic acids is 2. The first-order chi connectivity index (χ1) is 12.9. The van der Waals surface area contributed by atoms with Crippen LogP contribution >= 0.6 is 0 Å². The second kappa shape index (κ2) is 7.65. The van der Waals surface area contributed by atoms with Gasteiger partial charge >= 0.3 is 11.7 Å². The lowest BCUT2D eigenvalue weighted by Gasteiger charge is -2.16. The van der Waals surface area contributed by atoms with Gasteiger partial charge in [-0.25, -0.2) is 4.79 Å². The van der Waals surface area contributed by atoms with Crippen molar-refractivity contribution in [2.45, 2.75) is 0 Å². The molecule has 27 heavy (non-hydrogen) atoms. The molecule has 1 aliphatic rings. The second-order valence-corrected chi connectivity index (χ2v) is 5.54. The van der Waals surface area contributed by atoms with E-state index in [1.165, 1.54) is 0 Å². The fourth-order valence-corrected chi connectivity index (χ4v) is 2.39. The van der Waals surface area contributed by atoms with E-state index in [1.54, 1.807) is 30.3 Å². The monoisotopic (exact) mass is 372 g/mol. The predicted molar refractivity (Wildman–Crippen MR) is 92.6 cm³/mol. The van der Waals surface area contributed by atoms with Gasteiger partial charge < -0.3 is 14.8 Å². The minimum Gasteiger partial charge on any atom is -0.488 e. The van der Waals surface area contributed by atoms with Gasteiger partial charge in [-0.1, -0.05) is 18.2 Å². The summed E-state index contributed by atoms with van der Waals surface area (Å²) in [6.07, 6.45) is 1.61. The summed E-state index contributed by atoms with van der Waals surface area (Å²) < 4.78 is 23.6. The highest BCUT2D eigenvalue weighted by atomic mass is 19.1. The Hall–Kier alpha value is -3.75. The van der Waals surface area contributed by atoms with Crippen LogP contribution in [0.5, 0.6) is 5.75 Å². The Morgan fingerprint density at radius 1 is 1.26 bits per heavy atom. The number of nitro benzene ring substituents is 1. The Kier molecular flexibility index (Phi) is 5.11. The molecule has 0 bridgehead atoms. The number of halogens is 1. The topological polar surface area (TPSA) is 108 Å². The molecule has 2 aromatic carbocycles. The lowest BCUT2D eigenvalue weighted by atomic mass is 10.1. The molecule has 1 amide bonds. The third kappa shape index (κ3) is 4.27. The highest BCUT2D eigenvalue weighted by molar-refractivity contribution is 5.98.